The summed E-state index contributed by atoms with van der Waals surface area (Å²) in [5.41, 5.74) is 2.60. The van der Waals surface area contributed by atoms with E-state index < -0.39 is 0 Å². The van der Waals surface area contributed by atoms with Gasteiger partial charge in [0, 0.05) is 51.2 Å². The van der Waals surface area contributed by atoms with E-state index in [1.807, 2.05) is 35.9 Å². The lowest BCUT2D eigenvalue weighted by atomic mass is 9.85. The van der Waals surface area contributed by atoms with Crippen LogP contribution < -0.4 is 0 Å². The lowest BCUT2D eigenvalue weighted by Crippen LogP contribution is -2.40. The molecule has 1 fully saturated rings. The third-order valence-electron chi connectivity index (χ3n) is 4.97. The number of aromatic nitrogens is 4. The number of likely N-dealkylation sites (tertiary alicyclic amines) is 1. The predicted molar refractivity (Wildman–Crippen MR) is 90.8 cm³/mol. The fraction of sp³-hybridized carbons (Fsp3) is 0.647. The van der Waals surface area contributed by atoms with Crippen LogP contribution in [-0.4, -0.2) is 56.5 Å². The van der Waals surface area contributed by atoms with Crippen molar-refractivity contribution < 1.29 is 0 Å². The molecular formula is C17H28N6. The Morgan fingerprint density at radius 2 is 2.09 bits per heavy atom. The number of hydrogen-bond donors (Lipinski definition) is 0. The summed E-state index contributed by atoms with van der Waals surface area (Å²) >= 11 is 0. The third kappa shape index (κ3) is 3.64. The van der Waals surface area contributed by atoms with Gasteiger partial charge in [-0.2, -0.15) is 10.2 Å². The second-order valence-corrected chi connectivity index (χ2v) is 6.92. The smallest absolute Gasteiger partial charge is 0.0537 e. The molecule has 6 nitrogen and oxygen atoms in total. The molecule has 0 bridgehead atoms. The van der Waals surface area contributed by atoms with Gasteiger partial charge in [-0.25, -0.2) is 0 Å². The van der Waals surface area contributed by atoms with Crippen molar-refractivity contribution in [2.45, 2.75) is 25.4 Å². The zero-order valence-electron chi connectivity index (χ0n) is 14.7. The number of hydrogen-bond acceptors (Lipinski definition) is 4. The Hall–Kier alpha value is -1.66. The van der Waals surface area contributed by atoms with Crippen LogP contribution in [0.1, 0.15) is 30.1 Å². The Morgan fingerprint density at radius 1 is 1.26 bits per heavy atom. The fourth-order valence-corrected chi connectivity index (χ4v) is 3.87. The number of aryl methyl sites for hydroxylation is 2. The lowest BCUT2D eigenvalue weighted by molar-refractivity contribution is 0.0919. The van der Waals surface area contributed by atoms with E-state index in [0.717, 1.165) is 13.1 Å². The average molecular weight is 316 g/mol. The topological polar surface area (TPSA) is 42.1 Å². The van der Waals surface area contributed by atoms with Crippen LogP contribution in [0.4, 0.5) is 0 Å². The van der Waals surface area contributed by atoms with E-state index in [2.05, 4.69) is 46.4 Å². The van der Waals surface area contributed by atoms with Crippen LogP contribution in [0.2, 0.25) is 0 Å². The van der Waals surface area contributed by atoms with Gasteiger partial charge in [-0.15, -0.1) is 0 Å². The summed E-state index contributed by atoms with van der Waals surface area (Å²) < 4.78 is 3.87. The predicted octanol–water partition coefficient (Wildman–Crippen LogP) is 1.67. The van der Waals surface area contributed by atoms with Crippen molar-refractivity contribution >= 4 is 0 Å². The SMILES string of the molecule is CN(Cc1ccnn1C)C[C@@H]1CCCN(C)[C@H]1c1cnn(C)c1. The highest BCUT2D eigenvalue weighted by Crippen LogP contribution is 2.35. The molecule has 0 saturated carbocycles. The molecule has 3 heterocycles. The van der Waals surface area contributed by atoms with Crippen LogP contribution in [0.25, 0.3) is 0 Å². The molecule has 0 aromatic carbocycles. The quantitative estimate of drug-likeness (QED) is 0.841. The normalized spacial score (nSPS) is 22.8. The first-order valence-corrected chi connectivity index (χ1v) is 8.39. The summed E-state index contributed by atoms with van der Waals surface area (Å²) in [6, 6.07) is 2.56. The van der Waals surface area contributed by atoms with Crippen molar-refractivity contribution in [2.24, 2.45) is 20.0 Å². The van der Waals surface area contributed by atoms with Crippen LogP contribution in [0.15, 0.2) is 24.7 Å². The maximum atomic E-state index is 4.38. The first kappa shape index (κ1) is 16.2. The first-order valence-electron chi connectivity index (χ1n) is 8.39. The van der Waals surface area contributed by atoms with Crippen LogP contribution in [0.3, 0.4) is 0 Å². The summed E-state index contributed by atoms with van der Waals surface area (Å²) in [6.45, 7) is 3.20. The molecule has 126 valence electrons. The molecule has 2 aromatic rings. The van der Waals surface area contributed by atoms with E-state index in [1.165, 1.54) is 30.6 Å². The highest BCUT2D eigenvalue weighted by atomic mass is 15.3. The summed E-state index contributed by atoms with van der Waals surface area (Å²) in [5, 5.41) is 8.64. The van der Waals surface area contributed by atoms with E-state index >= 15 is 0 Å². The molecule has 2 atom stereocenters. The minimum Gasteiger partial charge on any atom is -0.300 e. The highest BCUT2D eigenvalue weighted by Gasteiger charge is 2.32. The summed E-state index contributed by atoms with van der Waals surface area (Å²) in [4.78, 5) is 4.91. The summed E-state index contributed by atoms with van der Waals surface area (Å²) in [5.74, 6) is 0.635. The van der Waals surface area contributed by atoms with E-state index in [0.29, 0.717) is 12.0 Å². The van der Waals surface area contributed by atoms with Crippen molar-refractivity contribution in [3.05, 3.63) is 35.9 Å². The summed E-state index contributed by atoms with van der Waals surface area (Å²) in [7, 11) is 8.46. The highest BCUT2D eigenvalue weighted by molar-refractivity contribution is 5.13. The van der Waals surface area contributed by atoms with Gasteiger partial charge >= 0.3 is 0 Å². The summed E-state index contributed by atoms with van der Waals surface area (Å²) in [6.07, 6.45) is 8.62. The van der Waals surface area contributed by atoms with E-state index in [1.54, 1.807) is 0 Å². The second kappa shape index (κ2) is 6.84. The molecule has 0 aliphatic carbocycles. The zero-order chi connectivity index (χ0) is 16.4. The van der Waals surface area contributed by atoms with E-state index in [-0.39, 0.29) is 0 Å². The fourth-order valence-electron chi connectivity index (χ4n) is 3.87. The van der Waals surface area contributed by atoms with Gasteiger partial charge in [-0.1, -0.05) is 0 Å². The molecule has 1 aliphatic heterocycles. The van der Waals surface area contributed by atoms with Crippen molar-refractivity contribution in [3.8, 4) is 0 Å². The van der Waals surface area contributed by atoms with Crippen LogP contribution in [-0.2, 0) is 20.6 Å². The maximum absolute atomic E-state index is 4.38. The molecule has 6 heteroatoms. The van der Waals surface area contributed by atoms with Crippen LogP contribution >= 0.6 is 0 Å². The molecular weight excluding hydrogens is 288 g/mol. The molecule has 1 saturated heterocycles. The number of nitrogens with zero attached hydrogens (tertiary/aromatic N) is 6. The molecule has 0 radical (unpaired) electrons. The minimum atomic E-state index is 0.464. The molecule has 0 amide bonds. The standard InChI is InChI=1S/C17H28N6/c1-20(13-16-7-8-18-23(16)4)11-14-6-5-9-21(2)17(14)15-10-19-22(3)12-15/h7-8,10,12,14,17H,5-6,9,11,13H2,1-4H3/t14-,17+/m0/s1. The monoisotopic (exact) mass is 316 g/mol. The Morgan fingerprint density at radius 3 is 2.74 bits per heavy atom. The van der Waals surface area contributed by atoms with Crippen molar-refractivity contribution in [3.63, 3.8) is 0 Å². The maximum Gasteiger partial charge on any atom is 0.0537 e. The van der Waals surface area contributed by atoms with Gasteiger partial charge in [-0.05, 0) is 45.5 Å². The Kier molecular flexibility index (Phi) is 4.82. The van der Waals surface area contributed by atoms with Crippen LogP contribution in [0.5, 0.6) is 0 Å². The molecule has 0 spiro atoms. The van der Waals surface area contributed by atoms with Gasteiger partial charge in [-0.3, -0.25) is 14.3 Å². The molecule has 0 N–H and O–H groups in total. The van der Waals surface area contributed by atoms with Gasteiger partial charge in [0.2, 0.25) is 0 Å². The number of rotatable bonds is 5. The Bertz CT molecular complexity index is 631. The van der Waals surface area contributed by atoms with Gasteiger partial charge in [0.15, 0.2) is 0 Å². The lowest BCUT2D eigenvalue weighted by Gasteiger charge is -2.40. The van der Waals surface area contributed by atoms with Gasteiger partial charge in [0.25, 0.3) is 0 Å². The molecule has 1 aliphatic rings. The molecule has 2 aromatic heterocycles. The van der Waals surface area contributed by atoms with Crippen molar-refractivity contribution in [1.29, 1.82) is 0 Å². The largest absolute Gasteiger partial charge is 0.300 e. The Balaban J connectivity index is 1.70. The van der Waals surface area contributed by atoms with Gasteiger partial charge in [0.05, 0.1) is 11.9 Å². The van der Waals surface area contributed by atoms with Crippen molar-refractivity contribution in [2.75, 3.05) is 27.2 Å². The second-order valence-electron chi connectivity index (χ2n) is 6.92. The first-order chi connectivity index (χ1) is 11.0. The number of piperidine rings is 1. The van der Waals surface area contributed by atoms with E-state index in [4.69, 9.17) is 0 Å². The Labute approximate surface area is 138 Å². The third-order valence-corrected chi connectivity index (χ3v) is 4.97. The van der Waals surface area contributed by atoms with Gasteiger partial charge < -0.3 is 4.90 Å². The minimum absolute atomic E-state index is 0.464. The van der Waals surface area contributed by atoms with Gasteiger partial charge in [0.1, 0.15) is 0 Å². The zero-order valence-corrected chi connectivity index (χ0v) is 14.7. The average Bonchev–Trinajstić information content (AvgIpc) is 3.08. The van der Waals surface area contributed by atoms with E-state index in [9.17, 15) is 0 Å². The van der Waals surface area contributed by atoms with Crippen LogP contribution in [0, 0.1) is 5.92 Å². The molecule has 3 rings (SSSR count). The molecule has 23 heavy (non-hydrogen) atoms. The molecule has 0 unspecified atom stereocenters. The van der Waals surface area contributed by atoms with Crippen molar-refractivity contribution in [1.82, 2.24) is 29.4 Å².